The van der Waals surface area contributed by atoms with Gasteiger partial charge in [0, 0.05) is 6.42 Å². The molecule has 0 spiro atoms. The van der Waals surface area contributed by atoms with Crippen molar-refractivity contribution in [2.75, 3.05) is 5.32 Å². The molecule has 0 bridgehead atoms. The summed E-state index contributed by atoms with van der Waals surface area (Å²) in [7, 11) is 0. The molecular formula is C16H20FNO3. The fourth-order valence-electron chi connectivity index (χ4n) is 2.88. The minimum atomic E-state index is -1.38. The molecule has 1 aromatic rings. The largest absolute Gasteiger partial charge is 0.478 e. The average Bonchev–Trinajstić information content (AvgIpc) is 2.66. The van der Waals surface area contributed by atoms with Crippen molar-refractivity contribution < 1.29 is 19.1 Å². The van der Waals surface area contributed by atoms with E-state index < -0.39 is 17.3 Å². The second kappa shape index (κ2) is 7.20. The van der Waals surface area contributed by atoms with Gasteiger partial charge in [-0.3, -0.25) is 4.79 Å². The number of carboxylic acid groups (broad SMARTS) is 1. The Labute approximate surface area is 123 Å². The predicted octanol–water partition coefficient (Wildman–Crippen LogP) is 3.82. The molecule has 1 saturated carbocycles. The molecular weight excluding hydrogens is 273 g/mol. The number of carboxylic acids is 1. The van der Waals surface area contributed by atoms with Gasteiger partial charge in [0.1, 0.15) is 11.4 Å². The minimum Gasteiger partial charge on any atom is -0.478 e. The molecule has 1 aliphatic rings. The molecule has 0 radical (unpaired) electrons. The van der Waals surface area contributed by atoms with Gasteiger partial charge < -0.3 is 10.4 Å². The zero-order chi connectivity index (χ0) is 15.2. The predicted molar refractivity (Wildman–Crippen MR) is 77.8 cm³/mol. The fraction of sp³-hybridized carbons (Fsp3) is 0.500. The lowest BCUT2D eigenvalue weighted by molar-refractivity contribution is -0.117. The molecule has 2 rings (SSSR count). The van der Waals surface area contributed by atoms with E-state index in [2.05, 4.69) is 5.32 Å². The highest BCUT2D eigenvalue weighted by atomic mass is 19.1. The first-order valence-corrected chi connectivity index (χ1v) is 7.39. The quantitative estimate of drug-likeness (QED) is 0.829. The van der Waals surface area contributed by atoms with Crippen molar-refractivity contribution in [1.29, 1.82) is 0 Å². The van der Waals surface area contributed by atoms with Gasteiger partial charge in [-0.2, -0.15) is 0 Å². The number of carbonyl (C=O) groups is 2. The van der Waals surface area contributed by atoms with Gasteiger partial charge in [0.25, 0.3) is 0 Å². The minimum absolute atomic E-state index is 0.0288. The number of carbonyl (C=O) groups excluding carboxylic acids is 1. The van der Waals surface area contributed by atoms with Crippen molar-refractivity contribution >= 4 is 17.6 Å². The maximum absolute atomic E-state index is 13.5. The molecule has 4 nitrogen and oxygen atoms in total. The van der Waals surface area contributed by atoms with Crippen molar-refractivity contribution in [2.24, 2.45) is 5.92 Å². The third kappa shape index (κ3) is 4.28. The maximum Gasteiger partial charge on any atom is 0.340 e. The van der Waals surface area contributed by atoms with Crippen molar-refractivity contribution in [1.82, 2.24) is 0 Å². The van der Waals surface area contributed by atoms with Gasteiger partial charge in [-0.25, -0.2) is 9.18 Å². The lowest BCUT2D eigenvalue weighted by atomic mass is 9.96. The Hall–Kier alpha value is -1.91. The number of anilines is 1. The molecule has 1 fully saturated rings. The topological polar surface area (TPSA) is 66.4 Å². The van der Waals surface area contributed by atoms with Crippen LogP contribution >= 0.6 is 0 Å². The number of hydrogen-bond acceptors (Lipinski definition) is 2. The molecule has 0 aliphatic heterocycles. The van der Waals surface area contributed by atoms with E-state index in [0.717, 1.165) is 31.7 Å². The van der Waals surface area contributed by atoms with E-state index in [9.17, 15) is 14.0 Å². The molecule has 0 aromatic heterocycles. The summed E-state index contributed by atoms with van der Waals surface area (Å²) in [5.74, 6) is -2.11. The number of halogens is 1. The molecule has 0 atom stereocenters. The number of rotatable bonds is 4. The van der Waals surface area contributed by atoms with Crippen LogP contribution < -0.4 is 5.32 Å². The number of nitrogens with one attached hydrogen (secondary N) is 1. The highest BCUT2D eigenvalue weighted by molar-refractivity contribution is 6.00. The molecule has 2 N–H and O–H groups in total. The zero-order valence-corrected chi connectivity index (χ0v) is 11.9. The van der Waals surface area contributed by atoms with Gasteiger partial charge in [-0.15, -0.1) is 0 Å². The van der Waals surface area contributed by atoms with Crippen LogP contribution in [0.4, 0.5) is 10.1 Å². The number of aromatic carboxylic acids is 1. The van der Waals surface area contributed by atoms with E-state index in [1.807, 2.05) is 0 Å². The lowest BCUT2D eigenvalue weighted by Gasteiger charge is -2.14. The normalized spacial score (nSPS) is 16.2. The molecule has 114 valence electrons. The van der Waals surface area contributed by atoms with Gasteiger partial charge in [0.2, 0.25) is 5.91 Å². The Morgan fingerprint density at radius 2 is 1.86 bits per heavy atom. The first kappa shape index (κ1) is 15.5. The van der Waals surface area contributed by atoms with Gasteiger partial charge in [-0.05, 0) is 30.9 Å². The van der Waals surface area contributed by atoms with Crippen molar-refractivity contribution in [3.05, 3.63) is 29.6 Å². The molecule has 1 amide bonds. The summed E-state index contributed by atoms with van der Waals surface area (Å²) in [5.41, 5.74) is -0.451. The van der Waals surface area contributed by atoms with Crippen molar-refractivity contribution in [3.63, 3.8) is 0 Å². The van der Waals surface area contributed by atoms with Gasteiger partial charge in [-0.1, -0.05) is 31.7 Å². The van der Waals surface area contributed by atoms with Crippen LogP contribution in [-0.4, -0.2) is 17.0 Å². The second-order valence-corrected chi connectivity index (χ2v) is 5.58. The molecule has 21 heavy (non-hydrogen) atoms. The molecule has 1 aliphatic carbocycles. The van der Waals surface area contributed by atoms with Crippen LogP contribution in [0.1, 0.15) is 55.3 Å². The summed E-state index contributed by atoms with van der Waals surface area (Å²) in [5, 5.41) is 11.6. The van der Waals surface area contributed by atoms with Crippen molar-refractivity contribution in [2.45, 2.75) is 44.9 Å². The maximum atomic E-state index is 13.5. The lowest BCUT2D eigenvalue weighted by Crippen LogP contribution is -2.18. The summed E-state index contributed by atoms with van der Waals surface area (Å²) in [6.45, 7) is 0. The number of benzene rings is 1. The van der Waals surface area contributed by atoms with E-state index in [4.69, 9.17) is 5.11 Å². The van der Waals surface area contributed by atoms with Crippen molar-refractivity contribution in [3.8, 4) is 0 Å². The van der Waals surface area contributed by atoms with Crippen LogP contribution in [0.3, 0.4) is 0 Å². The Kier molecular flexibility index (Phi) is 5.31. The van der Waals surface area contributed by atoms with Crippen LogP contribution in [-0.2, 0) is 4.79 Å². The SMILES string of the molecule is O=C(CC1CCCCCC1)Nc1cccc(F)c1C(=O)O. The second-order valence-electron chi connectivity index (χ2n) is 5.58. The van der Waals surface area contributed by atoms with Crippen LogP contribution in [0.25, 0.3) is 0 Å². The van der Waals surface area contributed by atoms with Gasteiger partial charge >= 0.3 is 5.97 Å². The Balaban J connectivity index is 2.02. The average molecular weight is 293 g/mol. The Morgan fingerprint density at radius 1 is 1.19 bits per heavy atom. The monoisotopic (exact) mass is 293 g/mol. The van der Waals surface area contributed by atoms with Gasteiger partial charge in [0.15, 0.2) is 0 Å². The number of amides is 1. The Morgan fingerprint density at radius 3 is 2.48 bits per heavy atom. The summed E-state index contributed by atoms with van der Waals surface area (Å²) >= 11 is 0. The van der Waals surface area contributed by atoms with Crippen LogP contribution in [0.2, 0.25) is 0 Å². The summed E-state index contributed by atoms with van der Waals surface area (Å²) < 4.78 is 13.5. The number of hydrogen-bond donors (Lipinski definition) is 2. The first-order chi connectivity index (χ1) is 10.1. The summed E-state index contributed by atoms with van der Waals surface area (Å²) in [4.78, 5) is 23.1. The zero-order valence-electron chi connectivity index (χ0n) is 11.9. The van der Waals surface area contributed by atoms with Crippen LogP contribution in [0.15, 0.2) is 18.2 Å². The Bertz CT molecular complexity index is 522. The fourth-order valence-corrected chi connectivity index (χ4v) is 2.88. The highest BCUT2D eigenvalue weighted by Gasteiger charge is 2.20. The first-order valence-electron chi connectivity index (χ1n) is 7.39. The molecule has 0 saturated heterocycles. The third-order valence-corrected chi connectivity index (χ3v) is 3.95. The molecule has 0 unspecified atom stereocenters. The molecule has 5 heteroatoms. The van der Waals surface area contributed by atoms with E-state index >= 15 is 0 Å². The standard InChI is InChI=1S/C16H20FNO3/c17-12-8-5-9-13(15(12)16(20)21)18-14(19)10-11-6-3-1-2-4-7-11/h5,8-9,11H,1-4,6-7,10H2,(H,18,19)(H,20,21). The highest BCUT2D eigenvalue weighted by Crippen LogP contribution is 2.26. The van der Waals surface area contributed by atoms with E-state index in [-0.39, 0.29) is 11.6 Å². The molecule has 0 heterocycles. The summed E-state index contributed by atoms with van der Waals surface area (Å²) in [6, 6.07) is 3.88. The van der Waals surface area contributed by atoms with Crippen LogP contribution in [0, 0.1) is 11.7 Å². The van der Waals surface area contributed by atoms with Crippen LogP contribution in [0.5, 0.6) is 0 Å². The summed E-state index contributed by atoms with van der Waals surface area (Å²) in [6.07, 6.45) is 7.13. The van der Waals surface area contributed by atoms with E-state index in [1.165, 1.54) is 25.0 Å². The van der Waals surface area contributed by atoms with E-state index in [0.29, 0.717) is 12.3 Å². The van der Waals surface area contributed by atoms with Gasteiger partial charge in [0.05, 0.1) is 5.69 Å². The molecule has 1 aromatic carbocycles. The van der Waals surface area contributed by atoms with E-state index in [1.54, 1.807) is 0 Å². The third-order valence-electron chi connectivity index (χ3n) is 3.95. The smallest absolute Gasteiger partial charge is 0.340 e.